The van der Waals surface area contributed by atoms with Crippen molar-refractivity contribution in [2.75, 3.05) is 16.0 Å². The van der Waals surface area contributed by atoms with Gasteiger partial charge in [-0.25, -0.2) is 0 Å². The zero-order valence-corrected chi connectivity index (χ0v) is 49.2. The zero-order valence-electron chi connectivity index (χ0n) is 39.2. The quantitative estimate of drug-likeness (QED) is 0.0561. The molecule has 0 aliphatic carbocycles. The van der Waals surface area contributed by atoms with Crippen molar-refractivity contribution in [2.24, 2.45) is 0 Å². The van der Waals surface area contributed by atoms with Crippen LogP contribution in [-0.4, -0.2) is 15.3 Å². The van der Waals surface area contributed by atoms with Crippen LogP contribution >= 0.6 is 151 Å². The van der Waals surface area contributed by atoms with Crippen LogP contribution < -0.4 is 16.0 Å². The van der Waals surface area contributed by atoms with Crippen LogP contribution in [-0.2, 0) is 19.6 Å². The van der Waals surface area contributed by atoms with Crippen LogP contribution in [0.15, 0.2) is 205 Å². The summed E-state index contributed by atoms with van der Waals surface area (Å²) in [7, 11) is 0. The predicted octanol–water partition coefficient (Wildman–Crippen LogP) is 22.0. The Labute approximate surface area is 503 Å². The van der Waals surface area contributed by atoms with E-state index in [9.17, 15) is 15.3 Å². The highest BCUT2D eigenvalue weighted by atomic mass is 35.5. The van der Waals surface area contributed by atoms with E-state index in [-0.39, 0.29) is 32.3 Å². The lowest BCUT2D eigenvalue weighted by molar-refractivity contribution is 0.477. The number of benzene rings is 9. The van der Waals surface area contributed by atoms with E-state index in [1.807, 2.05) is 133 Å². The Morgan fingerprint density at radius 3 is 1.08 bits per heavy atom. The second kappa shape index (κ2) is 29.1. The van der Waals surface area contributed by atoms with Gasteiger partial charge in [0.05, 0.1) is 47.2 Å². The Bertz CT molecular complexity index is 3470. The van der Waals surface area contributed by atoms with Gasteiger partial charge in [0.2, 0.25) is 0 Å². The molecule has 0 aromatic heterocycles. The molecule has 0 amide bonds. The van der Waals surface area contributed by atoms with Crippen molar-refractivity contribution >= 4 is 168 Å². The van der Waals surface area contributed by atoms with Crippen molar-refractivity contribution in [3.8, 4) is 17.2 Å². The SMILES string of the molecule is Oc1c(Cl)cc(Cl)cc1NCc1ccccc1Sc1ccc(Cl)c(Cl)c1.Oc1c(Cl)cc(Cl)cc1NCc1ccccc1Sc1cccc(Cl)c1.Oc1c(Cl)cc(Cl)cc1NCc1ccccc1Sc1ccccc1Cl. The number of aromatic hydroxyl groups is 3. The molecule has 19 heteroatoms. The zero-order chi connectivity index (χ0) is 54.3. The van der Waals surface area contributed by atoms with Crippen LogP contribution in [0.2, 0.25) is 50.2 Å². The average molecular weight is 1270 g/mol. The van der Waals surface area contributed by atoms with Gasteiger partial charge in [-0.1, -0.05) is 224 Å². The molecule has 9 aromatic rings. The fraction of sp³-hybridized carbons (Fsp3) is 0.0526. The van der Waals surface area contributed by atoms with Crippen molar-refractivity contribution in [2.45, 2.75) is 49.0 Å². The molecule has 0 unspecified atom stereocenters. The van der Waals surface area contributed by atoms with Gasteiger partial charge in [-0.15, -0.1) is 0 Å². The number of phenolic OH excluding ortho intramolecular Hbond substituents is 3. The fourth-order valence-electron chi connectivity index (χ4n) is 6.89. The second-order valence-electron chi connectivity index (χ2n) is 16.0. The molecular weight excluding hydrogens is 1230 g/mol. The number of halogens is 10. The van der Waals surface area contributed by atoms with Gasteiger partial charge in [0.25, 0.3) is 0 Å². The van der Waals surface area contributed by atoms with Gasteiger partial charge in [-0.3, -0.25) is 0 Å². The first kappa shape index (κ1) is 59.4. The molecule has 0 saturated heterocycles. The molecule has 76 heavy (non-hydrogen) atoms. The maximum absolute atomic E-state index is 10.1. The number of anilines is 3. The molecule has 0 saturated carbocycles. The second-order valence-corrected chi connectivity index (χ2v) is 23.5. The third kappa shape index (κ3) is 17.4. The van der Waals surface area contributed by atoms with Crippen molar-refractivity contribution in [3.63, 3.8) is 0 Å². The molecule has 6 nitrogen and oxygen atoms in total. The summed E-state index contributed by atoms with van der Waals surface area (Å²) >= 11 is 65.1. The summed E-state index contributed by atoms with van der Waals surface area (Å²) < 4.78 is 0. The highest BCUT2D eigenvalue weighted by Gasteiger charge is 2.14. The molecule has 0 aliphatic heterocycles. The third-order valence-corrected chi connectivity index (χ3v) is 17.0. The molecule has 0 spiro atoms. The Morgan fingerprint density at radius 2 is 0.671 bits per heavy atom. The Morgan fingerprint density at radius 1 is 0.289 bits per heavy atom. The smallest absolute Gasteiger partial charge is 0.157 e. The minimum absolute atomic E-state index is 0.00829. The molecule has 0 bridgehead atoms. The van der Waals surface area contributed by atoms with E-state index in [0.717, 1.165) is 51.1 Å². The number of hydrogen-bond acceptors (Lipinski definition) is 9. The number of nitrogens with one attached hydrogen (secondary N) is 3. The first-order chi connectivity index (χ1) is 36.5. The van der Waals surface area contributed by atoms with Crippen LogP contribution in [0.25, 0.3) is 0 Å². The van der Waals surface area contributed by atoms with Gasteiger partial charge in [0.1, 0.15) is 0 Å². The van der Waals surface area contributed by atoms with E-state index in [1.165, 1.54) is 18.2 Å². The van der Waals surface area contributed by atoms with Crippen molar-refractivity contribution in [1.29, 1.82) is 0 Å². The first-order valence-corrected chi connectivity index (χ1v) is 28.7. The lowest BCUT2D eigenvalue weighted by Crippen LogP contribution is -2.01. The molecule has 0 radical (unpaired) electrons. The van der Waals surface area contributed by atoms with Crippen molar-refractivity contribution < 1.29 is 15.3 Å². The van der Waals surface area contributed by atoms with E-state index in [0.29, 0.717) is 66.8 Å². The molecule has 0 fully saturated rings. The van der Waals surface area contributed by atoms with E-state index in [4.69, 9.17) is 116 Å². The third-order valence-electron chi connectivity index (χ3n) is 10.6. The summed E-state index contributed by atoms with van der Waals surface area (Å²) in [5.74, 6) is -0.0426. The molecule has 0 aliphatic rings. The van der Waals surface area contributed by atoms with Gasteiger partial charge in [0, 0.05) is 69.1 Å². The monoisotopic (exact) mass is 1260 g/mol. The van der Waals surface area contributed by atoms with Crippen LogP contribution in [0, 0.1) is 0 Å². The number of phenols is 3. The maximum atomic E-state index is 10.1. The molecule has 6 N–H and O–H groups in total. The Balaban J connectivity index is 0.000000166. The summed E-state index contributed by atoms with van der Waals surface area (Å²) in [6.07, 6.45) is 0. The molecule has 0 atom stereocenters. The van der Waals surface area contributed by atoms with Gasteiger partial charge in [0.15, 0.2) is 17.2 Å². The normalized spacial score (nSPS) is 10.7. The molecule has 9 rings (SSSR count). The highest BCUT2D eigenvalue weighted by Crippen LogP contribution is 2.41. The highest BCUT2D eigenvalue weighted by molar-refractivity contribution is 8.00. The molecule has 0 heterocycles. The minimum Gasteiger partial charge on any atom is -0.504 e. The van der Waals surface area contributed by atoms with E-state index >= 15 is 0 Å². The van der Waals surface area contributed by atoms with Crippen LogP contribution in [0.3, 0.4) is 0 Å². The van der Waals surface area contributed by atoms with Crippen molar-refractivity contribution in [1.82, 2.24) is 0 Å². The summed E-state index contributed by atoms with van der Waals surface area (Å²) in [5, 5.41) is 44.3. The van der Waals surface area contributed by atoms with E-state index in [1.54, 1.807) is 59.6 Å². The van der Waals surface area contributed by atoms with Gasteiger partial charge < -0.3 is 31.3 Å². The standard InChI is InChI=1S/C19H13Cl4NOS.2C19H14Cl3NOS/c20-12-7-16(23)19(25)17(8-12)24-10-11-3-1-2-4-18(11)26-13-5-6-14(21)15(22)9-13;20-13-9-15(22)19(24)16(10-13)23-11-12-5-1-3-7-17(12)25-18-8-4-2-6-14(18)21;20-13-5-3-6-15(8-13)25-18-7-2-1-4-12(18)11-23-17-10-14(21)9-16(22)19(17)24/h1-9,24-25H,10H2;2*1-10,23-24H,11H2. The predicted molar refractivity (Wildman–Crippen MR) is 327 cm³/mol. The summed E-state index contributed by atoms with van der Waals surface area (Å²) in [4.78, 5) is 6.28. The van der Waals surface area contributed by atoms with Gasteiger partial charge in [-0.2, -0.15) is 0 Å². The van der Waals surface area contributed by atoms with Crippen LogP contribution in [0.1, 0.15) is 16.7 Å². The molecule has 390 valence electrons. The summed E-state index contributed by atoms with van der Waals surface area (Å²) in [5.41, 5.74) is 4.69. The van der Waals surface area contributed by atoms with Gasteiger partial charge >= 0.3 is 0 Å². The Kier molecular flexibility index (Phi) is 22.7. The van der Waals surface area contributed by atoms with E-state index in [2.05, 4.69) is 16.0 Å². The number of rotatable bonds is 15. The topological polar surface area (TPSA) is 96.8 Å². The summed E-state index contributed by atoms with van der Waals surface area (Å²) in [6.45, 7) is 1.53. The summed E-state index contributed by atoms with van der Waals surface area (Å²) in [6, 6.07) is 54.4. The lowest BCUT2D eigenvalue weighted by Gasteiger charge is -2.13. The number of hydrogen-bond donors (Lipinski definition) is 6. The molecule has 9 aromatic carbocycles. The average Bonchev–Trinajstić information content (AvgIpc) is 3.39. The van der Waals surface area contributed by atoms with Gasteiger partial charge in [-0.05, 0) is 120 Å². The largest absolute Gasteiger partial charge is 0.504 e. The van der Waals surface area contributed by atoms with Crippen LogP contribution in [0.4, 0.5) is 17.1 Å². The van der Waals surface area contributed by atoms with Crippen LogP contribution in [0.5, 0.6) is 17.2 Å². The fourth-order valence-corrected chi connectivity index (χ4v) is 12.2. The lowest BCUT2D eigenvalue weighted by atomic mass is 10.2. The maximum Gasteiger partial charge on any atom is 0.157 e. The first-order valence-electron chi connectivity index (χ1n) is 22.5. The molecular formula is C57H41Cl10N3O3S3. The minimum atomic E-state index is -0.0225. The van der Waals surface area contributed by atoms with E-state index < -0.39 is 0 Å². The Hall–Kier alpha value is -4.27. The van der Waals surface area contributed by atoms with Crippen molar-refractivity contribution in [3.05, 3.63) is 243 Å².